The summed E-state index contributed by atoms with van der Waals surface area (Å²) < 4.78 is 6.39. The minimum atomic E-state index is -0.468. The lowest BCUT2D eigenvalue weighted by molar-refractivity contribution is 0.0521. The van der Waals surface area contributed by atoms with E-state index in [1.165, 1.54) is 11.1 Å². The van der Waals surface area contributed by atoms with Gasteiger partial charge in [-0.1, -0.05) is 41.4 Å². The summed E-state index contributed by atoms with van der Waals surface area (Å²) in [5.74, 6) is 0. The van der Waals surface area contributed by atoms with Crippen molar-refractivity contribution in [2.45, 2.75) is 65.6 Å². The minimum Gasteiger partial charge on any atom is -0.444 e. The van der Waals surface area contributed by atoms with Gasteiger partial charge in [-0.05, 0) is 51.3 Å². The Morgan fingerprint density at radius 2 is 2.04 bits per heavy atom. The summed E-state index contributed by atoms with van der Waals surface area (Å²) in [5.41, 5.74) is 1.98. The number of carbonyl (C=O) groups is 1. The van der Waals surface area contributed by atoms with Crippen LogP contribution in [-0.2, 0) is 11.3 Å². The Kier molecular flexibility index (Phi) is 8.06. The standard InChI is InChI=1S/C18H29BrN2O2/c1-6-7-15(12-21-17(22)23-18(3,4)5)20-11-14-9-8-13(2)10-16(14)19/h8-10,15,20H,6-7,11-12H2,1-5H3,(H,21,22). The molecule has 23 heavy (non-hydrogen) atoms. The second kappa shape index (κ2) is 9.28. The SMILES string of the molecule is CCCC(CNC(=O)OC(C)(C)C)NCc1ccc(C)cc1Br. The molecule has 5 heteroatoms. The predicted molar refractivity (Wildman–Crippen MR) is 98.7 cm³/mol. The van der Waals surface area contributed by atoms with Gasteiger partial charge in [-0.2, -0.15) is 0 Å². The maximum Gasteiger partial charge on any atom is 0.407 e. The zero-order chi connectivity index (χ0) is 17.5. The molecular weight excluding hydrogens is 356 g/mol. The lowest BCUT2D eigenvalue weighted by Gasteiger charge is -2.22. The van der Waals surface area contributed by atoms with E-state index >= 15 is 0 Å². The highest BCUT2D eigenvalue weighted by atomic mass is 79.9. The van der Waals surface area contributed by atoms with E-state index in [4.69, 9.17) is 4.74 Å². The van der Waals surface area contributed by atoms with Crippen molar-refractivity contribution in [2.24, 2.45) is 0 Å². The number of alkyl carbamates (subject to hydrolysis) is 1. The molecule has 0 saturated carbocycles. The van der Waals surface area contributed by atoms with Gasteiger partial charge in [0.1, 0.15) is 5.60 Å². The first-order valence-corrected chi connectivity index (χ1v) is 8.96. The van der Waals surface area contributed by atoms with Crippen LogP contribution in [0.25, 0.3) is 0 Å². The Hall–Kier alpha value is -1.07. The van der Waals surface area contributed by atoms with E-state index in [9.17, 15) is 4.79 Å². The van der Waals surface area contributed by atoms with Gasteiger partial charge in [0.25, 0.3) is 0 Å². The summed E-state index contributed by atoms with van der Waals surface area (Å²) in [6.45, 7) is 11.1. The van der Waals surface area contributed by atoms with Gasteiger partial charge >= 0.3 is 6.09 Å². The normalized spacial score (nSPS) is 12.8. The predicted octanol–water partition coefficient (Wildman–Crippen LogP) is 4.54. The Labute approximate surface area is 148 Å². The maximum atomic E-state index is 11.8. The molecule has 0 spiro atoms. The van der Waals surface area contributed by atoms with Crippen molar-refractivity contribution in [1.29, 1.82) is 0 Å². The first kappa shape index (κ1) is 20.0. The molecule has 1 rings (SSSR count). The molecule has 0 aliphatic rings. The van der Waals surface area contributed by atoms with Crippen molar-refractivity contribution in [3.8, 4) is 0 Å². The average molecular weight is 385 g/mol. The number of nitrogens with one attached hydrogen (secondary N) is 2. The summed E-state index contributed by atoms with van der Waals surface area (Å²) in [6, 6.07) is 6.57. The molecule has 0 aliphatic carbocycles. The Morgan fingerprint density at radius 3 is 2.61 bits per heavy atom. The molecule has 1 amide bonds. The van der Waals surface area contributed by atoms with E-state index < -0.39 is 5.60 Å². The highest BCUT2D eigenvalue weighted by Crippen LogP contribution is 2.18. The van der Waals surface area contributed by atoms with E-state index in [1.54, 1.807) is 0 Å². The Morgan fingerprint density at radius 1 is 1.35 bits per heavy atom. The third kappa shape index (κ3) is 8.37. The molecule has 1 unspecified atom stereocenters. The number of halogens is 1. The zero-order valence-corrected chi connectivity index (χ0v) is 16.4. The maximum absolute atomic E-state index is 11.8. The van der Waals surface area contributed by atoms with E-state index in [2.05, 4.69) is 58.6 Å². The number of aryl methyl sites for hydroxylation is 1. The van der Waals surface area contributed by atoms with Gasteiger partial charge in [0.2, 0.25) is 0 Å². The lowest BCUT2D eigenvalue weighted by atomic mass is 10.1. The monoisotopic (exact) mass is 384 g/mol. The van der Waals surface area contributed by atoms with Crippen LogP contribution in [0.2, 0.25) is 0 Å². The summed E-state index contributed by atoms with van der Waals surface area (Å²) in [7, 11) is 0. The number of carbonyl (C=O) groups excluding carboxylic acids is 1. The zero-order valence-electron chi connectivity index (χ0n) is 14.8. The van der Waals surface area contributed by atoms with Crippen LogP contribution in [-0.4, -0.2) is 24.3 Å². The van der Waals surface area contributed by atoms with Gasteiger partial charge in [0, 0.05) is 23.6 Å². The first-order chi connectivity index (χ1) is 10.7. The molecule has 130 valence electrons. The van der Waals surface area contributed by atoms with Crippen LogP contribution in [0.1, 0.15) is 51.7 Å². The van der Waals surface area contributed by atoms with E-state index in [0.717, 1.165) is 23.9 Å². The van der Waals surface area contributed by atoms with Gasteiger partial charge in [-0.15, -0.1) is 0 Å². The molecule has 0 saturated heterocycles. The summed E-state index contributed by atoms with van der Waals surface area (Å²) in [5, 5.41) is 6.36. The largest absolute Gasteiger partial charge is 0.444 e. The van der Waals surface area contributed by atoms with Crippen LogP contribution in [0.4, 0.5) is 4.79 Å². The number of rotatable bonds is 7. The van der Waals surface area contributed by atoms with Crippen molar-refractivity contribution in [3.63, 3.8) is 0 Å². The van der Waals surface area contributed by atoms with Crippen molar-refractivity contribution in [1.82, 2.24) is 10.6 Å². The fourth-order valence-corrected chi connectivity index (χ4v) is 2.83. The van der Waals surface area contributed by atoms with Crippen LogP contribution < -0.4 is 10.6 Å². The van der Waals surface area contributed by atoms with Crippen molar-refractivity contribution >= 4 is 22.0 Å². The molecule has 0 heterocycles. The summed E-state index contributed by atoms with van der Waals surface area (Å²) in [4.78, 5) is 11.8. The molecule has 2 N–H and O–H groups in total. The lowest BCUT2D eigenvalue weighted by Crippen LogP contribution is -2.42. The number of amides is 1. The molecule has 0 aliphatic heterocycles. The van der Waals surface area contributed by atoms with Crippen LogP contribution in [0.15, 0.2) is 22.7 Å². The third-order valence-electron chi connectivity index (χ3n) is 3.32. The van der Waals surface area contributed by atoms with Gasteiger partial charge in [-0.3, -0.25) is 0 Å². The number of hydrogen-bond acceptors (Lipinski definition) is 3. The van der Waals surface area contributed by atoms with Crippen LogP contribution in [0.3, 0.4) is 0 Å². The second-order valence-corrected chi connectivity index (χ2v) is 7.70. The van der Waals surface area contributed by atoms with Gasteiger partial charge in [0.15, 0.2) is 0 Å². The number of hydrogen-bond donors (Lipinski definition) is 2. The van der Waals surface area contributed by atoms with Crippen LogP contribution in [0, 0.1) is 6.92 Å². The molecule has 0 fully saturated rings. The quantitative estimate of drug-likeness (QED) is 0.725. The van der Waals surface area contributed by atoms with Crippen molar-refractivity contribution in [3.05, 3.63) is 33.8 Å². The van der Waals surface area contributed by atoms with Gasteiger partial charge < -0.3 is 15.4 Å². The van der Waals surface area contributed by atoms with Crippen LogP contribution >= 0.6 is 15.9 Å². The van der Waals surface area contributed by atoms with Gasteiger partial charge in [-0.25, -0.2) is 4.79 Å². The highest BCUT2D eigenvalue weighted by Gasteiger charge is 2.17. The first-order valence-electron chi connectivity index (χ1n) is 8.16. The fraction of sp³-hybridized carbons (Fsp3) is 0.611. The highest BCUT2D eigenvalue weighted by molar-refractivity contribution is 9.10. The molecule has 0 radical (unpaired) electrons. The van der Waals surface area contributed by atoms with E-state index in [-0.39, 0.29) is 12.1 Å². The smallest absolute Gasteiger partial charge is 0.407 e. The van der Waals surface area contributed by atoms with Crippen LogP contribution in [0.5, 0.6) is 0 Å². The molecular formula is C18H29BrN2O2. The number of ether oxygens (including phenoxy) is 1. The number of benzene rings is 1. The summed E-state index contributed by atoms with van der Waals surface area (Å²) >= 11 is 3.60. The third-order valence-corrected chi connectivity index (χ3v) is 4.06. The topological polar surface area (TPSA) is 50.4 Å². The summed E-state index contributed by atoms with van der Waals surface area (Å²) in [6.07, 6.45) is 1.69. The molecule has 1 aromatic rings. The average Bonchev–Trinajstić information content (AvgIpc) is 2.41. The van der Waals surface area contributed by atoms with Gasteiger partial charge in [0.05, 0.1) is 0 Å². The van der Waals surface area contributed by atoms with Crippen molar-refractivity contribution in [2.75, 3.05) is 6.54 Å². The molecule has 0 bridgehead atoms. The second-order valence-electron chi connectivity index (χ2n) is 6.84. The Bertz CT molecular complexity index is 512. The molecule has 1 aromatic carbocycles. The van der Waals surface area contributed by atoms with E-state index in [1.807, 2.05) is 20.8 Å². The fourth-order valence-electron chi connectivity index (χ4n) is 2.20. The molecule has 4 nitrogen and oxygen atoms in total. The Balaban J connectivity index is 2.50. The minimum absolute atomic E-state index is 0.223. The molecule has 1 atom stereocenters. The molecule has 0 aromatic heterocycles. The van der Waals surface area contributed by atoms with Crippen molar-refractivity contribution < 1.29 is 9.53 Å². The van der Waals surface area contributed by atoms with E-state index in [0.29, 0.717) is 6.54 Å².